The minimum absolute atomic E-state index is 0.0631. The van der Waals surface area contributed by atoms with Gasteiger partial charge < -0.3 is 9.88 Å². The lowest BCUT2D eigenvalue weighted by Crippen LogP contribution is -2.33. The van der Waals surface area contributed by atoms with Crippen LogP contribution in [-0.4, -0.2) is 26.9 Å². The number of hydrogen-bond donors (Lipinski definition) is 1. The number of aryl methyl sites for hydroxylation is 1. The first-order chi connectivity index (χ1) is 12.0. The van der Waals surface area contributed by atoms with Crippen molar-refractivity contribution in [3.8, 4) is 5.69 Å². The Hall–Kier alpha value is -2.25. The summed E-state index contributed by atoms with van der Waals surface area (Å²) in [5.74, 6) is 0.0631. The van der Waals surface area contributed by atoms with Crippen LogP contribution < -0.4 is 5.56 Å². The molecule has 0 bridgehead atoms. The molecule has 0 aliphatic carbocycles. The van der Waals surface area contributed by atoms with E-state index in [0.717, 1.165) is 26.5 Å². The Balaban J connectivity index is 1.94. The summed E-state index contributed by atoms with van der Waals surface area (Å²) >= 11 is 6.96. The summed E-state index contributed by atoms with van der Waals surface area (Å²) in [5, 5.41) is 0.706. The van der Waals surface area contributed by atoms with E-state index in [1.54, 1.807) is 11.5 Å². The molecule has 25 heavy (non-hydrogen) atoms. The first kappa shape index (κ1) is 16.2. The SMILES string of the molecule is CC(=O)N1CCc2c(sc3[nH]c(=S)n(-c4ccc(C)cc4)c(=O)c23)C1. The number of thiophene rings is 1. The third kappa shape index (κ3) is 2.63. The average molecular weight is 371 g/mol. The molecule has 1 aromatic carbocycles. The van der Waals surface area contributed by atoms with E-state index in [9.17, 15) is 9.59 Å². The summed E-state index contributed by atoms with van der Waals surface area (Å²) in [6, 6.07) is 7.74. The van der Waals surface area contributed by atoms with Crippen molar-refractivity contribution in [2.45, 2.75) is 26.8 Å². The number of nitrogens with zero attached hydrogens (tertiary/aromatic N) is 2. The van der Waals surface area contributed by atoms with Gasteiger partial charge in [0.1, 0.15) is 4.83 Å². The van der Waals surface area contributed by atoms with Crippen LogP contribution in [0.2, 0.25) is 0 Å². The Kier molecular flexibility index (Phi) is 3.85. The van der Waals surface area contributed by atoms with Gasteiger partial charge in [-0.25, -0.2) is 0 Å². The van der Waals surface area contributed by atoms with E-state index in [1.807, 2.05) is 36.1 Å². The van der Waals surface area contributed by atoms with Gasteiger partial charge in [0.05, 0.1) is 17.6 Å². The van der Waals surface area contributed by atoms with E-state index in [4.69, 9.17) is 12.2 Å². The molecule has 0 radical (unpaired) electrons. The summed E-state index contributed by atoms with van der Waals surface area (Å²) in [7, 11) is 0. The largest absolute Gasteiger partial charge is 0.337 e. The summed E-state index contributed by atoms with van der Waals surface area (Å²) in [5.41, 5.74) is 2.86. The molecule has 0 saturated carbocycles. The van der Waals surface area contributed by atoms with Gasteiger partial charge in [0.25, 0.3) is 5.56 Å². The molecule has 1 aliphatic heterocycles. The van der Waals surface area contributed by atoms with Crippen molar-refractivity contribution < 1.29 is 4.79 Å². The molecule has 0 atom stereocenters. The van der Waals surface area contributed by atoms with Crippen LogP contribution in [0.4, 0.5) is 0 Å². The molecule has 5 nitrogen and oxygen atoms in total. The maximum Gasteiger partial charge on any atom is 0.267 e. The van der Waals surface area contributed by atoms with Crippen molar-refractivity contribution in [2.24, 2.45) is 0 Å². The van der Waals surface area contributed by atoms with E-state index in [-0.39, 0.29) is 11.5 Å². The van der Waals surface area contributed by atoms with E-state index < -0.39 is 0 Å². The monoisotopic (exact) mass is 371 g/mol. The maximum absolute atomic E-state index is 13.2. The molecule has 0 unspecified atom stereocenters. The summed E-state index contributed by atoms with van der Waals surface area (Å²) < 4.78 is 1.95. The molecule has 4 rings (SSSR count). The zero-order valence-electron chi connectivity index (χ0n) is 14.0. The maximum atomic E-state index is 13.2. The van der Waals surface area contributed by atoms with Gasteiger partial charge in [-0.1, -0.05) is 17.7 Å². The predicted octanol–water partition coefficient (Wildman–Crippen LogP) is 3.32. The van der Waals surface area contributed by atoms with Gasteiger partial charge in [0, 0.05) is 18.3 Å². The first-order valence-corrected chi connectivity index (χ1v) is 9.30. The van der Waals surface area contributed by atoms with Crippen molar-refractivity contribution in [1.29, 1.82) is 0 Å². The second kappa shape index (κ2) is 5.93. The standard InChI is InChI=1S/C18H17N3O2S2/c1-10-3-5-12(6-4-10)21-17(23)15-13-7-8-20(11(2)22)9-14(13)25-16(15)19-18(21)24/h3-6H,7-9H2,1-2H3,(H,19,24). The molecule has 7 heteroatoms. The summed E-state index contributed by atoms with van der Waals surface area (Å²) in [4.78, 5) is 31.7. The fourth-order valence-electron chi connectivity index (χ4n) is 3.27. The number of aromatic amines is 1. The number of benzene rings is 1. The Morgan fingerprint density at radius 1 is 1.28 bits per heavy atom. The Morgan fingerprint density at radius 2 is 2.00 bits per heavy atom. The van der Waals surface area contributed by atoms with Crippen molar-refractivity contribution in [1.82, 2.24) is 14.5 Å². The van der Waals surface area contributed by atoms with Crippen LogP contribution in [0.1, 0.15) is 22.9 Å². The molecular formula is C18H17N3O2S2. The molecule has 0 spiro atoms. The molecule has 1 amide bonds. The van der Waals surface area contributed by atoms with Gasteiger partial charge in [0.2, 0.25) is 5.91 Å². The van der Waals surface area contributed by atoms with Crippen LogP contribution in [0.5, 0.6) is 0 Å². The molecule has 1 N–H and O–H groups in total. The van der Waals surface area contributed by atoms with Crippen molar-refractivity contribution >= 4 is 39.7 Å². The highest BCUT2D eigenvalue weighted by Crippen LogP contribution is 2.32. The Bertz CT molecular complexity index is 1110. The second-order valence-electron chi connectivity index (χ2n) is 6.30. The molecule has 1 aliphatic rings. The number of amides is 1. The van der Waals surface area contributed by atoms with E-state index in [0.29, 0.717) is 29.7 Å². The van der Waals surface area contributed by atoms with Crippen LogP contribution in [-0.2, 0) is 17.8 Å². The summed E-state index contributed by atoms with van der Waals surface area (Å²) in [6.45, 7) is 4.80. The first-order valence-electron chi connectivity index (χ1n) is 8.08. The van der Waals surface area contributed by atoms with Crippen LogP contribution in [0.15, 0.2) is 29.1 Å². The van der Waals surface area contributed by atoms with Crippen LogP contribution in [0, 0.1) is 11.7 Å². The van der Waals surface area contributed by atoms with Crippen LogP contribution in [0.3, 0.4) is 0 Å². The number of H-pyrrole nitrogens is 1. The quantitative estimate of drug-likeness (QED) is 0.668. The molecule has 128 valence electrons. The fraction of sp³-hybridized carbons (Fsp3) is 0.278. The number of aromatic nitrogens is 2. The third-order valence-corrected chi connectivity index (χ3v) is 6.05. The van der Waals surface area contributed by atoms with Crippen molar-refractivity contribution in [3.05, 3.63) is 55.4 Å². The Labute approximate surface area is 153 Å². The molecule has 3 aromatic rings. The molecule has 0 fully saturated rings. The highest BCUT2D eigenvalue weighted by Gasteiger charge is 2.25. The lowest BCUT2D eigenvalue weighted by atomic mass is 10.1. The van der Waals surface area contributed by atoms with E-state index in [1.165, 1.54) is 11.3 Å². The zero-order chi connectivity index (χ0) is 17.7. The van der Waals surface area contributed by atoms with Crippen LogP contribution >= 0.6 is 23.6 Å². The third-order valence-electron chi connectivity index (χ3n) is 4.63. The van der Waals surface area contributed by atoms with Gasteiger partial charge in [-0.15, -0.1) is 11.3 Å². The number of carbonyl (C=O) groups excluding carboxylic acids is 1. The normalized spacial score (nSPS) is 13.9. The smallest absolute Gasteiger partial charge is 0.267 e. The zero-order valence-corrected chi connectivity index (χ0v) is 15.6. The van der Waals surface area contributed by atoms with Crippen LogP contribution in [0.25, 0.3) is 15.9 Å². The fourth-order valence-corrected chi connectivity index (χ4v) is 4.88. The highest BCUT2D eigenvalue weighted by atomic mass is 32.1. The number of rotatable bonds is 1. The van der Waals surface area contributed by atoms with Gasteiger partial charge in [0.15, 0.2) is 4.77 Å². The molecule has 2 aromatic heterocycles. The minimum Gasteiger partial charge on any atom is -0.337 e. The van der Waals surface area contributed by atoms with Gasteiger partial charge in [-0.3, -0.25) is 14.2 Å². The summed E-state index contributed by atoms with van der Waals surface area (Å²) in [6.07, 6.45) is 0.697. The highest BCUT2D eigenvalue weighted by molar-refractivity contribution is 7.71. The number of hydrogen-bond acceptors (Lipinski definition) is 4. The lowest BCUT2D eigenvalue weighted by Gasteiger charge is -2.25. The predicted molar refractivity (Wildman–Crippen MR) is 102 cm³/mol. The molecular weight excluding hydrogens is 354 g/mol. The number of carbonyl (C=O) groups is 1. The van der Waals surface area contributed by atoms with Gasteiger partial charge in [-0.05, 0) is 43.3 Å². The number of nitrogens with one attached hydrogen (secondary N) is 1. The van der Waals surface area contributed by atoms with Crippen molar-refractivity contribution in [2.75, 3.05) is 6.54 Å². The second-order valence-corrected chi connectivity index (χ2v) is 7.80. The lowest BCUT2D eigenvalue weighted by molar-refractivity contribution is -0.129. The Morgan fingerprint density at radius 3 is 2.68 bits per heavy atom. The van der Waals surface area contributed by atoms with Gasteiger partial charge in [-0.2, -0.15) is 0 Å². The topological polar surface area (TPSA) is 58.1 Å². The molecule has 3 heterocycles. The average Bonchev–Trinajstić information content (AvgIpc) is 2.93. The van der Waals surface area contributed by atoms with Crippen molar-refractivity contribution in [3.63, 3.8) is 0 Å². The van der Waals surface area contributed by atoms with E-state index >= 15 is 0 Å². The minimum atomic E-state index is -0.0867. The molecule has 0 saturated heterocycles. The van der Waals surface area contributed by atoms with E-state index in [2.05, 4.69) is 4.98 Å². The van der Waals surface area contributed by atoms with Gasteiger partial charge >= 0.3 is 0 Å². The number of fused-ring (bicyclic) bond motifs is 3.